The van der Waals surface area contributed by atoms with Gasteiger partial charge in [0.25, 0.3) is 0 Å². The Labute approximate surface area is 362 Å². The van der Waals surface area contributed by atoms with Crippen molar-refractivity contribution >= 4 is 88.2 Å². The number of rotatable bonds is 9. The van der Waals surface area contributed by atoms with Gasteiger partial charge in [-0.2, -0.15) is 0 Å². The molecule has 0 spiro atoms. The van der Waals surface area contributed by atoms with Gasteiger partial charge in [-0.25, -0.2) is 0 Å². The molecule has 1 nitrogen and oxygen atoms in total. The molecule has 0 bridgehead atoms. The largest absolute Gasteiger partial charge is 0.310 e. The van der Waals surface area contributed by atoms with E-state index in [1.807, 2.05) is 11.3 Å². The second-order valence-corrected chi connectivity index (χ2v) is 20.5. The summed E-state index contributed by atoms with van der Waals surface area (Å²) in [6, 6.07) is 91.9. The highest BCUT2D eigenvalue weighted by atomic mass is 32.1. The molecule has 0 aliphatic heterocycles. The predicted molar refractivity (Wildman–Crippen MR) is 266 cm³/mol. The second kappa shape index (κ2) is 15.7. The maximum atomic E-state index is 2.46. The van der Waals surface area contributed by atoms with Gasteiger partial charge in [-0.1, -0.05) is 206 Å². The average Bonchev–Trinajstić information content (AvgIpc) is 3.73. The standard InChI is InChI=1S/C58H41NSSi/c1-5-17-42(18-6-1)43-31-34-47(35-32-43)59(49-36-38-54-46(40-49)33-37-56-55-29-13-14-30-57(55)60-58(54)56)48-21-15-19-44(39-48)45-20-16-28-53(41-45)61(50-22-7-2-8-23-50,51-24-9-3-10-25-51)52-26-11-4-12-27-52/h1-41H. The van der Waals surface area contributed by atoms with E-state index < -0.39 is 8.07 Å². The lowest BCUT2D eigenvalue weighted by Gasteiger charge is -2.34. The lowest BCUT2D eigenvalue weighted by molar-refractivity contribution is 1.29. The summed E-state index contributed by atoms with van der Waals surface area (Å²) in [5, 5.41) is 10.6. The lowest BCUT2D eigenvalue weighted by atomic mass is 10.0. The first-order chi connectivity index (χ1) is 30.2. The monoisotopic (exact) mass is 811 g/mol. The van der Waals surface area contributed by atoms with Crippen molar-refractivity contribution in [3.63, 3.8) is 0 Å². The highest BCUT2D eigenvalue weighted by molar-refractivity contribution is 7.26. The quantitative estimate of drug-likeness (QED) is 0.104. The molecular formula is C58H41NSSi. The van der Waals surface area contributed by atoms with E-state index in [1.165, 1.54) is 73.9 Å². The third-order valence-electron chi connectivity index (χ3n) is 12.2. The van der Waals surface area contributed by atoms with Crippen molar-refractivity contribution < 1.29 is 0 Å². The highest BCUT2D eigenvalue weighted by Crippen LogP contribution is 2.42. The molecule has 0 saturated carbocycles. The molecule has 0 amide bonds. The summed E-state index contributed by atoms with van der Waals surface area (Å²) < 4.78 is 2.67. The smallest absolute Gasteiger partial charge is 0.179 e. The third-order valence-corrected chi connectivity index (χ3v) is 18.2. The van der Waals surface area contributed by atoms with Gasteiger partial charge in [0.15, 0.2) is 8.07 Å². The summed E-state index contributed by atoms with van der Waals surface area (Å²) in [5.41, 5.74) is 8.12. The van der Waals surface area contributed by atoms with Gasteiger partial charge in [0.1, 0.15) is 0 Å². The zero-order valence-corrected chi connectivity index (χ0v) is 35.3. The number of nitrogens with zero attached hydrogens (tertiary/aromatic N) is 1. The molecule has 0 radical (unpaired) electrons. The molecule has 0 unspecified atom stereocenters. The molecular weight excluding hydrogens is 771 g/mol. The van der Waals surface area contributed by atoms with Crippen molar-refractivity contribution in [3.05, 3.63) is 249 Å². The maximum Gasteiger partial charge on any atom is 0.179 e. The molecule has 0 aliphatic rings. The third kappa shape index (κ3) is 6.56. The van der Waals surface area contributed by atoms with Gasteiger partial charge in [-0.05, 0) is 96.2 Å². The Morgan fingerprint density at radius 3 is 1.46 bits per heavy atom. The summed E-state index contributed by atoms with van der Waals surface area (Å²) in [4.78, 5) is 2.41. The van der Waals surface area contributed by atoms with Gasteiger partial charge >= 0.3 is 0 Å². The van der Waals surface area contributed by atoms with Crippen LogP contribution in [0.5, 0.6) is 0 Å². The Hall–Kier alpha value is -7.30. The van der Waals surface area contributed by atoms with Crippen molar-refractivity contribution in [2.24, 2.45) is 0 Å². The Kier molecular flexibility index (Phi) is 9.46. The molecule has 3 heteroatoms. The minimum absolute atomic E-state index is 1.11. The van der Waals surface area contributed by atoms with Crippen LogP contribution in [-0.4, -0.2) is 8.07 Å². The molecule has 1 aromatic heterocycles. The Morgan fingerprint density at radius 1 is 0.295 bits per heavy atom. The fourth-order valence-corrected chi connectivity index (χ4v) is 15.4. The fourth-order valence-electron chi connectivity index (χ4n) is 9.34. The number of fused-ring (bicyclic) bond motifs is 5. The summed E-state index contributed by atoms with van der Waals surface area (Å²) in [6.45, 7) is 0. The summed E-state index contributed by atoms with van der Waals surface area (Å²) in [5.74, 6) is 0. The minimum atomic E-state index is -2.70. The van der Waals surface area contributed by atoms with Gasteiger partial charge in [-0.15, -0.1) is 11.3 Å². The van der Waals surface area contributed by atoms with Gasteiger partial charge in [0, 0.05) is 37.2 Å². The molecule has 0 fully saturated rings. The van der Waals surface area contributed by atoms with Crippen molar-refractivity contribution in [3.8, 4) is 22.3 Å². The second-order valence-electron chi connectivity index (χ2n) is 15.7. The van der Waals surface area contributed by atoms with E-state index in [9.17, 15) is 0 Å². The van der Waals surface area contributed by atoms with E-state index >= 15 is 0 Å². The summed E-state index contributed by atoms with van der Waals surface area (Å²) in [7, 11) is -2.70. The van der Waals surface area contributed by atoms with E-state index in [2.05, 4.69) is 254 Å². The SMILES string of the molecule is c1ccc(-c2ccc(N(c3cccc(-c4cccc([Si](c5ccccc5)(c5ccccc5)c5ccccc5)c4)c3)c3ccc4c(ccc5c6ccccc6sc45)c3)cc2)cc1. The highest BCUT2D eigenvalue weighted by Gasteiger charge is 2.41. The molecule has 10 aromatic carbocycles. The van der Waals surface area contributed by atoms with Crippen LogP contribution in [0.25, 0.3) is 53.2 Å². The van der Waals surface area contributed by atoms with Crippen molar-refractivity contribution in [1.29, 1.82) is 0 Å². The van der Waals surface area contributed by atoms with E-state index in [1.54, 1.807) is 0 Å². The van der Waals surface area contributed by atoms with Crippen molar-refractivity contribution in [2.45, 2.75) is 0 Å². The number of benzene rings is 10. The molecule has 0 atom stereocenters. The molecule has 0 saturated heterocycles. The van der Waals surface area contributed by atoms with Crippen LogP contribution in [0.4, 0.5) is 17.1 Å². The number of anilines is 3. The molecule has 1 heterocycles. The van der Waals surface area contributed by atoms with Crippen LogP contribution in [0.2, 0.25) is 0 Å². The Bertz CT molecular complexity index is 3190. The Morgan fingerprint density at radius 2 is 0.787 bits per heavy atom. The predicted octanol–water partition coefficient (Wildman–Crippen LogP) is 13.4. The van der Waals surface area contributed by atoms with Crippen LogP contribution in [0.1, 0.15) is 0 Å². The van der Waals surface area contributed by atoms with Crippen LogP contribution in [0.15, 0.2) is 249 Å². The zero-order chi connectivity index (χ0) is 40.6. The molecule has 0 N–H and O–H groups in total. The first-order valence-electron chi connectivity index (χ1n) is 20.9. The van der Waals surface area contributed by atoms with Crippen LogP contribution in [0, 0.1) is 0 Å². The zero-order valence-electron chi connectivity index (χ0n) is 33.5. The van der Waals surface area contributed by atoms with E-state index in [0.29, 0.717) is 0 Å². The first kappa shape index (κ1) is 36.8. The van der Waals surface area contributed by atoms with Gasteiger partial charge < -0.3 is 4.90 Å². The van der Waals surface area contributed by atoms with Crippen LogP contribution in [0.3, 0.4) is 0 Å². The van der Waals surface area contributed by atoms with E-state index in [-0.39, 0.29) is 0 Å². The lowest BCUT2D eigenvalue weighted by Crippen LogP contribution is -2.74. The van der Waals surface area contributed by atoms with Crippen LogP contribution >= 0.6 is 11.3 Å². The average molecular weight is 812 g/mol. The molecule has 11 rings (SSSR count). The molecule has 11 aromatic rings. The fraction of sp³-hybridized carbons (Fsp3) is 0. The maximum absolute atomic E-state index is 2.70. The van der Waals surface area contributed by atoms with Crippen molar-refractivity contribution in [1.82, 2.24) is 0 Å². The summed E-state index contributed by atoms with van der Waals surface area (Å²) in [6.07, 6.45) is 0. The van der Waals surface area contributed by atoms with Gasteiger partial charge in [-0.3, -0.25) is 0 Å². The van der Waals surface area contributed by atoms with Crippen LogP contribution < -0.4 is 25.6 Å². The summed E-state index contributed by atoms with van der Waals surface area (Å²) >= 11 is 1.88. The van der Waals surface area contributed by atoms with Gasteiger partial charge in [0.2, 0.25) is 0 Å². The Balaban J connectivity index is 1.06. The normalized spacial score (nSPS) is 11.6. The minimum Gasteiger partial charge on any atom is -0.310 e. The molecule has 0 aliphatic carbocycles. The number of hydrogen-bond acceptors (Lipinski definition) is 2. The molecule has 61 heavy (non-hydrogen) atoms. The van der Waals surface area contributed by atoms with E-state index in [0.717, 1.165) is 17.1 Å². The number of thiophene rings is 1. The number of hydrogen-bond donors (Lipinski definition) is 0. The van der Waals surface area contributed by atoms with Crippen LogP contribution in [-0.2, 0) is 0 Å². The molecule has 288 valence electrons. The topological polar surface area (TPSA) is 3.24 Å². The van der Waals surface area contributed by atoms with Crippen molar-refractivity contribution in [2.75, 3.05) is 4.90 Å². The first-order valence-corrected chi connectivity index (χ1v) is 23.7. The van der Waals surface area contributed by atoms with Gasteiger partial charge in [0.05, 0.1) is 0 Å². The van der Waals surface area contributed by atoms with E-state index in [4.69, 9.17) is 0 Å².